The van der Waals surface area contributed by atoms with Gasteiger partial charge in [-0.3, -0.25) is 0 Å². The third-order valence-electron chi connectivity index (χ3n) is 12.2. The number of aryl methyl sites for hydroxylation is 4. The predicted octanol–water partition coefficient (Wildman–Crippen LogP) is 18.2. The molecule has 3 rings (SSSR count). The molecule has 2 aromatic carbocycles. The highest BCUT2D eigenvalue weighted by molar-refractivity contribution is 5.81. The van der Waals surface area contributed by atoms with Crippen LogP contribution < -0.4 is 0 Å². The van der Waals surface area contributed by atoms with E-state index in [0.29, 0.717) is 0 Å². The molecular weight excluding hydrogens is 689 g/mol. The van der Waals surface area contributed by atoms with Crippen LogP contribution in [0.2, 0.25) is 0 Å². The third-order valence-corrected chi connectivity index (χ3v) is 12.2. The van der Waals surface area contributed by atoms with Crippen LogP contribution in [0.3, 0.4) is 0 Å². The molecule has 2 aromatic rings. The molecule has 0 fully saturated rings. The molecule has 0 bridgehead atoms. The third kappa shape index (κ3) is 19.7. The topological polar surface area (TPSA) is 25.3 Å². The smallest absolute Gasteiger partial charge is 0.214 e. The summed E-state index contributed by atoms with van der Waals surface area (Å²) in [6.45, 7) is 11.5. The van der Waals surface area contributed by atoms with Crippen LogP contribution in [-0.4, -0.2) is 4.70 Å². The van der Waals surface area contributed by atoms with Gasteiger partial charge < -0.3 is 5.53 Å². The highest BCUT2D eigenvalue weighted by atomic mass is 15.2. The van der Waals surface area contributed by atoms with Crippen molar-refractivity contribution in [1.82, 2.24) is 0 Å². The number of hydrogen-bond acceptors (Lipinski definition) is 0. The molecule has 2 heteroatoms. The molecule has 1 heterocycles. The van der Waals surface area contributed by atoms with Crippen LogP contribution in [0.25, 0.3) is 16.9 Å². The van der Waals surface area contributed by atoms with Crippen molar-refractivity contribution >= 4 is 11.4 Å². The van der Waals surface area contributed by atoms with E-state index in [1.165, 1.54) is 196 Å². The lowest BCUT2D eigenvalue weighted by Gasteiger charge is -2.14. The molecule has 0 saturated heterocycles. The molecule has 0 amide bonds. The fourth-order valence-corrected chi connectivity index (χ4v) is 8.65. The summed E-state index contributed by atoms with van der Waals surface area (Å²) < 4.78 is 1.55. The maximum Gasteiger partial charge on any atom is 0.214 e. The van der Waals surface area contributed by atoms with Gasteiger partial charge in [0, 0.05) is 17.2 Å². The molecule has 0 aliphatic carbocycles. The van der Waals surface area contributed by atoms with Gasteiger partial charge in [-0.15, -0.1) is 0 Å². The largest absolute Gasteiger partial charge is 0.493 e. The van der Waals surface area contributed by atoms with Crippen LogP contribution in [0.15, 0.2) is 60.2 Å². The lowest BCUT2D eigenvalue weighted by molar-refractivity contribution is -0.344. The molecule has 57 heavy (non-hydrogen) atoms. The van der Waals surface area contributed by atoms with Crippen molar-refractivity contribution in [2.24, 2.45) is 0 Å². The standard InChI is InChI=1S/C55H88N2/c1-6-11-16-19-20-21-22-23-24-25-26-27-28-29-30-31-34-39-51-46-54(52-42-47(35-14-9-4)40-49(43-52)37-32-17-12-7-2)57(56)55(51)53-44-48(36-15-10-5)41-50(45-53)38-33-18-13-8-3/h34,39-46H,6-33,35-38H2,1-5H3. The van der Waals surface area contributed by atoms with Crippen LogP contribution in [-0.2, 0) is 25.7 Å². The van der Waals surface area contributed by atoms with Gasteiger partial charge in [0.25, 0.3) is 0 Å². The summed E-state index contributed by atoms with van der Waals surface area (Å²) in [6.07, 6.45) is 48.4. The number of hydrogen-bond donors (Lipinski definition) is 0. The van der Waals surface area contributed by atoms with Crippen LogP contribution in [0.4, 0.5) is 0 Å². The van der Waals surface area contributed by atoms with E-state index < -0.39 is 0 Å². The second kappa shape index (κ2) is 31.2. The minimum absolute atomic E-state index is 0.924. The predicted molar refractivity (Wildman–Crippen MR) is 253 cm³/mol. The maximum atomic E-state index is 12.3. The van der Waals surface area contributed by atoms with Gasteiger partial charge in [0.05, 0.1) is 5.57 Å². The van der Waals surface area contributed by atoms with Gasteiger partial charge in [-0.2, -0.15) is 0 Å². The second-order valence-corrected chi connectivity index (χ2v) is 17.7. The van der Waals surface area contributed by atoms with Crippen molar-refractivity contribution < 1.29 is 4.70 Å². The Bertz CT molecular complexity index is 1470. The van der Waals surface area contributed by atoms with Crippen molar-refractivity contribution in [3.8, 4) is 0 Å². The highest BCUT2D eigenvalue weighted by Crippen LogP contribution is 2.38. The van der Waals surface area contributed by atoms with Crippen LogP contribution in [0.5, 0.6) is 0 Å². The van der Waals surface area contributed by atoms with Gasteiger partial charge >= 0.3 is 0 Å². The molecule has 0 spiro atoms. The molecule has 0 saturated carbocycles. The van der Waals surface area contributed by atoms with E-state index in [1.54, 1.807) is 4.70 Å². The van der Waals surface area contributed by atoms with Crippen molar-refractivity contribution in [3.63, 3.8) is 0 Å². The fourth-order valence-electron chi connectivity index (χ4n) is 8.65. The van der Waals surface area contributed by atoms with Gasteiger partial charge in [0.1, 0.15) is 0 Å². The Morgan fingerprint density at radius 1 is 0.404 bits per heavy atom. The molecule has 2 nitrogen and oxygen atoms in total. The average molecular weight is 777 g/mol. The number of nitrogens with zero attached hydrogens (tertiary/aromatic N) is 2. The Morgan fingerprint density at radius 2 is 0.754 bits per heavy atom. The quantitative estimate of drug-likeness (QED) is 0.0492. The van der Waals surface area contributed by atoms with E-state index in [4.69, 9.17) is 0 Å². The molecule has 0 aromatic heterocycles. The molecule has 0 N–H and O–H groups in total. The summed E-state index contributed by atoms with van der Waals surface area (Å²) in [5, 5.41) is 0. The van der Waals surface area contributed by atoms with E-state index in [2.05, 4.69) is 89.2 Å². The van der Waals surface area contributed by atoms with Crippen molar-refractivity contribution in [3.05, 3.63) is 99.1 Å². The summed E-state index contributed by atoms with van der Waals surface area (Å²) in [7, 11) is 0. The summed E-state index contributed by atoms with van der Waals surface area (Å²) in [4.78, 5) is 0. The first-order valence-corrected chi connectivity index (χ1v) is 24.9. The second-order valence-electron chi connectivity index (χ2n) is 17.7. The van der Waals surface area contributed by atoms with Crippen LogP contribution >= 0.6 is 0 Å². The zero-order valence-electron chi connectivity index (χ0n) is 38.2. The van der Waals surface area contributed by atoms with E-state index >= 15 is 0 Å². The summed E-state index contributed by atoms with van der Waals surface area (Å²) in [6, 6.07) is 14.4. The first-order chi connectivity index (χ1) is 28.0. The molecular formula is C55H88N2. The van der Waals surface area contributed by atoms with E-state index in [0.717, 1.165) is 60.2 Å². The van der Waals surface area contributed by atoms with Gasteiger partial charge in [0.15, 0.2) is 0 Å². The lowest BCUT2D eigenvalue weighted by atomic mass is 9.95. The first-order valence-electron chi connectivity index (χ1n) is 24.9. The zero-order chi connectivity index (χ0) is 40.8. The first kappa shape index (κ1) is 48.6. The van der Waals surface area contributed by atoms with Gasteiger partial charge in [0.2, 0.25) is 11.4 Å². The Balaban J connectivity index is 1.74. The van der Waals surface area contributed by atoms with Gasteiger partial charge in [-0.05, 0) is 111 Å². The summed E-state index contributed by atoms with van der Waals surface area (Å²) in [5.41, 5.74) is 23.2. The molecule has 318 valence electrons. The zero-order valence-corrected chi connectivity index (χ0v) is 38.2. The highest BCUT2D eigenvalue weighted by Gasteiger charge is 2.29. The molecule has 1 aliphatic rings. The van der Waals surface area contributed by atoms with Crippen molar-refractivity contribution in [2.45, 2.75) is 240 Å². The minimum Gasteiger partial charge on any atom is -0.493 e. The Hall–Kier alpha value is -2.74. The van der Waals surface area contributed by atoms with E-state index in [-0.39, 0.29) is 0 Å². The Morgan fingerprint density at radius 3 is 1.18 bits per heavy atom. The SMILES string of the molecule is CCCCCCCCCCCCCCCCCC=CC1=C(c2cc(CCCC)cc(CCCCCC)c2)[N+](=[N-])C(c2cc(CCCC)cc(CCCCCC)c2)=C1. The lowest BCUT2D eigenvalue weighted by Crippen LogP contribution is -2.05. The van der Waals surface area contributed by atoms with E-state index in [1.807, 2.05) is 0 Å². The van der Waals surface area contributed by atoms with Gasteiger partial charge in [-0.25, -0.2) is 4.70 Å². The number of unbranched alkanes of at least 4 members (excludes halogenated alkanes) is 23. The number of allylic oxidation sites excluding steroid dienone is 4. The maximum absolute atomic E-state index is 12.3. The van der Waals surface area contributed by atoms with Crippen LogP contribution in [0.1, 0.15) is 248 Å². The number of rotatable bonds is 35. The molecule has 0 atom stereocenters. The molecule has 0 unspecified atom stereocenters. The van der Waals surface area contributed by atoms with E-state index in [9.17, 15) is 5.53 Å². The summed E-state index contributed by atoms with van der Waals surface area (Å²) in [5.74, 6) is 0. The molecule has 0 radical (unpaired) electrons. The summed E-state index contributed by atoms with van der Waals surface area (Å²) >= 11 is 0. The average Bonchev–Trinajstić information content (AvgIpc) is 3.55. The monoisotopic (exact) mass is 777 g/mol. The Kier molecular flexibility index (Phi) is 26.6. The normalized spacial score (nSPS) is 13.1. The number of benzene rings is 2. The minimum atomic E-state index is 0.924. The fraction of sp³-hybridized carbons (Fsp3) is 0.673. The van der Waals surface area contributed by atoms with Crippen LogP contribution in [0, 0.1) is 0 Å². The van der Waals surface area contributed by atoms with Gasteiger partial charge in [-0.1, -0.05) is 200 Å². The Labute approximate surface area is 354 Å². The van der Waals surface area contributed by atoms with Crippen molar-refractivity contribution in [1.29, 1.82) is 0 Å². The molecule has 1 aliphatic heterocycles. The van der Waals surface area contributed by atoms with Crippen molar-refractivity contribution in [2.75, 3.05) is 0 Å².